The molecule has 1 aliphatic heterocycles. The Morgan fingerprint density at radius 2 is 1.81 bits per heavy atom. The van der Waals surface area contributed by atoms with Crippen LogP contribution in [0.2, 0.25) is 0 Å². The van der Waals surface area contributed by atoms with Crippen LogP contribution in [-0.2, 0) is 4.79 Å². The zero-order valence-electron chi connectivity index (χ0n) is 10.7. The first-order valence-corrected chi connectivity index (χ1v) is 6.94. The fourth-order valence-corrected chi connectivity index (χ4v) is 2.35. The van der Waals surface area contributed by atoms with Gasteiger partial charge in [-0.05, 0) is 32.9 Å². The van der Waals surface area contributed by atoms with Crippen molar-refractivity contribution < 1.29 is 4.79 Å². The smallest absolute Gasteiger partial charge is 0.236 e. The van der Waals surface area contributed by atoms with Crippen molar-refractivity contribution in [1.82, 2.24) is 9.80 Å². The summed E-state index contributed by atoms with van der Waals surface area (Å²) in [6.45, 7) is 5.95. The molecule has 0 spiro atoms. The van der Waals surface area contributed by atoms with E-state index in [1.54, 1.807) is 0 Å². The van der Waals surface area contributed by atoms with Crippen LogP contribution < -0.4 is 0 Å². The minimum Gasteiger partial charge on any atom is -0.342 e. The SMILES string of the molecule is CC(C)C(Br)C(=O)N1CCC(N(C)C)CC1. The zero-order valence-corrected chi connectivity index (χ0v) is 12.3. The summed E-state index contributed by atoms with van der Waals surface area (Å²) < 4.78 is 0. The van der Waals surface area contributed by atoms with Crippen LogP contribution in [0.5, 0.6) is 0 Å². The highest BCUT2D eigenvalue weighted by Gasteiger charge is 2.28. The lowest BCUT2D eigenvalue weighted by Crippen LogP contribution is -2.47. The van der Waals surface area contributed by atoms with E-state index in [1.165, 1.54) is 0 Å². The maximum atomic E-state index is 12.1. The molecule has 4 heteroatoms. The second kappa shape index (κ2) is 6.01. The summed E-state index contributed by atoms with van der Waals surface area (Å²) in [6, 6.07) is 0.636. The number of likely N-dealkylation sites (tertiary alicyclic amines) is 1. The molecule has 0 aromatic heterocycles. The molecule has 0 aromatic carbocycles. The number of carbonyl (C=O) groups excluding carboxylic acids is 1. The van der Waals surface area contributed by atoms with Crippen LogP contribution in [0.15, 0.2) is 0 Å². The minimum absolute atomic E-state index is 0.0246. The highest BCUT2D eigenvalue weighted by Crippen LogP contribution is 2.20. The van der Waals surface area contributed by atoms with Crippen LogP contribution in [0.3, 0.4) is 0 Å². The van der Waals surface area contributed by atoms with E-state index in [-0.39, 0.29) is 10.7 Å². The molecule has 0 bridgehead atoms. The Bertz CT molecular complexity index is 235. The molecule has 1 saturated heterocycles. The first-order valence-electron chi connectivity index (χ1n) is 6.02. The third-order valence-corrected chi connectivity index (χ3v) is 4.78. The molecule has 94 valence electrons. The van der Waals surface area contributed by atoms with Gasteiger partial charge in [0.15, 0.2) is 0 Å². The summed E-state index contributed by atoms with van der Waals surface area (Å²) in [5.41, 5.74) is 0. The molecule has 1 fully saturated rings. The van der Waals surface area contributed by atoms with Crippen molar-refractivity contribution in [3.63, 3.8) is 0 Å². The maximum absolute atomic E-state index is 12.1. The Balaban J connectivity index is 2.45. The van der Waals surface area contributed by atoms with Gasteiger partial charge in [-0.2, -0.15) is 0 Å². The summed E-state index contributed by atoms with van der Waals surface area (Å²) in [5, 5.41) is 0. The molecule has 0 radical (unpaired) electrons. The standard InChI is InChI=1S/C12H23BrN2O/c1-9(2)11(13)12(16)15-7-5-10(6-8-15)14(3)4/h9-11H,5-8H2,1-4H3. The zero-order chi connectivity index (χ0) is 12.3. The van der Waals surface area contributed by atoms with Gasteiger partial charge < -0.3 is 9.80 Å². The van der Waals surface area contributed by atoms with Crippen LogP contribution in [0.1, 0.15) is 26.7 Å². The summed E-state index contributed by atoms with van der Waals surface area (Å²) >= 11 is 3.49. The quantitative estimate of drug-likeness (QED) is 0.742. The van der Waals surface area contributed by atoms with Gasteiger partial charge in [-0.25, -0.2) is 0 Å². The average Bonchev–Trinajstić information content (AvgIpc) is 2.27. The summed E-state index contributed by atoms with van der Waals surface area (Å²) in [6.07, 6.45) is 2.19. The largest absolute Gasteiger partial charge is 0.342 e. The third kappa shape index (κ3) is 3.45. The number of piperidine rings is 1. The lowest BCUT2D eigenvalue weighted by molar-refractivity contribution is -0.132. The van der Waals surface area contributed by atoms with E-state index < -0.39 is 0 Å². The molecular formula is C12H23BrN2O. The van der Waals surface area contributed by atoms with Crippen molar-refractivity contribution in [2.45, 2.75) is 37.6 Å². The molecule has 16 heavy (non-hydrogen) atoms. The monoisotopic (exact) mass is 290 g/mol. The molecule has 1 heterocycles. The number of carbonyl (C=O) groups is 1. The number of nitrogens with zero attached hydrogens (tertiary/aromatic N) is 2. The highest BCUT2D eigenvalue weighted by molar-refractivity contribution is 9.10. The van der Waals surface area contributed by atoms with Crippen LogP contribution in [0, 0.1) is 5.92 Å². The lowest BCUT2D eigenvalue weighted by Gasteiger charge is -2.36. The Kier molecular flexibility index (Phi) is 5.25. The summed E-state index contributed by atoms with van der Waals surface area (Å²) in [5.74, 6) is 0.617. The van der Waals surface area contributed by atoms with Crippen LogP contribution in [-0.4, -0.2) is 53.8 Å². The third-order valence-electron chi connectivity index (χ3n) is 3.33. The normalized spacial score (nSPS) is 20.6. The van der Waals surface area contributed by atoms with Crippen molar-refractivity contribution >= 4 is 21.8 Å². The van der Waals surface area contributed by atoms with Crippen molar-refractivity contribution in [3.8, 4) is 0 Å². The van der Waals surface area contributed by atoms with Gasteiger partial charge in [-0.15, -0.1) is 0 Å². The Morgan fingerprint density at radius 3 is 2.19 bits per heavy atom. The molecular weight excluding hydrogens is 268 g/mol. The van der Waals surface area contributed by atoms with Crippen LogP contribution in [0.4, 0.5) is 0 Å². The number of hydrogen-bond donors (Lipinski definition) is 0. The van der Waals surface area contributed by atoms with E-state index in [2.05, 4.69) is 48.8 Å². The van der Waals surface area contributed by atoms with Gasteiger partial charge in [0.05, 0.1) is 4.83 Å². The highest BCUT2D eigenvalue weighted by atomic mass is 79.9. The number of rotatable bonds is 3. The van der Waals surface area contributed by atoms with Gasteiger partial charge in [0.25, 0.3) is 0 Å². The van der Waals surface area contributed by atoms with Gasteiger partial charge >= 0.3 is 0 Å². The molecule has 1 unspecified atom stereocenters. The maximum Gasteiger partial charge on any atom is 0.236 e. The average molecular weight is 291 g/mol. The molecule has 1 aliphatic rings. The van der Waals surface area contributed by atoms with Crippen molar-refractivity contribution in [2.75, 3.05) is 27.2 Å². The van der Waals surface area contributed by atoms with E-state index in [1.807, 2.05) is 4.90 Å². The van der Waals surface area contributed by atoms with Gasteiger partial charge in [-0.1, -0.05) is 29.8 Å². The Labute approximate surface area is 107 Å². The molecule has 0 saturated carbocycles. The molecule has 1 rings (SSSR count). The van der Waals surface area contributed by atoms with Gasteiger partial charge in [0.2, 0.25) is 5.91 Å². The van der Waals surface area contributed by atoms with E-state index >= 15 is 0 Å². The van der Waals surface area contributed by atoms with E-state index in [0.717, 1.165) is 25.9 Å². The first kappa shape index (κ1) is 14.0. The number of alkyl halides is 1. The van der Waals surface area contributed by atoms with E-state index in [4.69, 9.17) is 0 Å². The second-order valence-corrected chi connectivity index (χ2v) is 6.15. The predicted octanol–water partition coefficient (Wildman–Crippen LogP) is 1.96. The van der Waals surface area contributed by atoms with Crippen molar-refractivity contribution in [2.24, 2.45) is 5.92 Å². The fourth-order valence-electron chi connectivity index (χ4n) is 2.06. The molecule has 0 aromatic rings. The Hall–Kier alpha value is -0.0900. The summed E-state index contributed by atoms with van der Waals surface area (Å²) in [4.78, 5) is 16.3. The van der Waals surface area contributed by atoms with Crippen LogP contribution >= 0.6 is 15.9 Å². The van der Waals surface area contributed by atoms with Crippen molar-refractivity contribution in [1.29, 1.82) is 0 Å². The first-order chi connectivity index (χ1) is 7.43. The summed E-state index contributed by atoms with van der Waals surface area (Å²) in [7, 11) is 4.23. The number of amides is 1. The Morgan fingerprint density at radius 1 is 1.31 bits per heavy atom. The van der Waals surface area contributed by atoms with Crippen LogP contribution in [0.25, 0.3) is 0 Å². The van der Waals surface area contributed by atoms with Crippen molar-refractivity contribution in [3.05, 3.63) is 0 Å². The lowest BCUT2D eigenvalue weighted by atomic mass is 10.0. The molecule has 3 nitrogen and oxygen atoms in total. The topological polar surface area (TPSA) is 23.6 Å². The predicted molar refractivity (Wildman–Crippen MR) is 70.8 cm³/mol. The number of hydrogen-bond acceptors (Lipinski definition) is 2. The second-order valence-electron chi connectivity index (χ2n) is 5.17. The molecule has 1 atom stereocenters. The van der Waals surface area contributed by atoms with Gasteiger partial charge in [0.1, 0.15) is 0 Å². The van der Waals surface area contributed by atoms with Gasteiger partial charge in [-0.3, -0.25) is 4.79 Å². The molecule has 0 N–H and O–H groups in total. The van der Waals surface area contributed by atoms with Gasteiger partial charge in [0, 0.05) is 19.1 Å². The molecule has 1 amide bonds. The number of halogens is 1. The minimum atomic E-state index is -0.0246. The van der Waals surface area contributed by atoms with E-state index in [0.29, 0.717) is 12.0 Å². The van der Waals surface area contributed by atoms with E-state index in [9.17, 15) is 4.79 Å². The molecule has 0 aliphatic carbocycles. The fraction of sp³-hybridized carbons (Fsp3) is 0.917.